The molecule has 0 bridgehead atoms. The molecule has 5 nitrogen and oxygen atoms in total. The average molecular weight is 924 g/mol. The van der Waals surface area contributed by atoms with E-state index < -0.39 is 5.97 Å². The molecule has 1 radical (unpaired) electrons. The summed E-state index contributed by atoms with van der Waals surface area (Å²) >= 11 is 0. The Labute approximate surface area is 348 Å². The van der Waals surface area contributed by atoms with Crippen LogP contribution >= 0.6 is 0 Å². The maximum atomic E-state index is 10.1. The Hall–Kier alpha value is -7.11. The summed E-state index contributed by atoms with van der Waals surface area (Å²) < 4.78 is 0. The average Bonchev–Trinajstić information content (AvgIpc) is 3.29. The summed E-state index contributed by atoms with van der Waals surface area (Å²) in [6.45, 7) is 0. The van der Waals surface area contributed by atoms with Gasteiger partial charge in [-0.25, -0.2) is 9.78 Å². The van der Waals surface area contributed by atoms with E-state index in [9.17, 15) is 4.79 Å². The van der Waals surface area contributed by atoms with E-state index in [-0.39, 0.29) is 25.8 Å². The monoisotopic (exact) mass is 924 g/mol. The Kier molecular flexibility index (Phi) is 11.0. The normalized spacial score (nSPS) is 10.8. The van der Waals surface area contributed by atoms with Crippen LogP contribution in [0.25, 0.3) is 87.1 Å². The summed E-state index contributed by atoms with van der Waals surface area (Å²) in [5.74, 6) is -0.990. The Morgan fingerprint density at radius 1 is 0.379 bits per heavy atom. The van der Waals surface area contributed by atoms with Gasteiger partial charge in [-0.2, -0.15) is 0 Å². The molecule has 0 fully saturated rings. The van der Waals surface area contributed by atoms with Gasteiger partial charge in [0.05, 0.1) is 0 Å². The molecule has 0 spiro atoms. The van der Waals surface area contributed by atoms with Gasteiger partial charge < -0.3 is 5.11 Å². The second-order valence-electron chi connectivity index (χ2n) is 13.5. The molecule has 11 rings (SSSR count). The van der Waals surface area contributed by atoms with Crippen molar-refractivity contribution < 1.29 is 30.0 Å². The number of aromatic nitrogens is 3. The van der Waals surface area contributed by atoms with Crippen molar-refractivity contribution in [2.45, 2.75) is 0 Å². The number of aromatic carboxylic acids is 1. The molecule has 6 heteroatoms. The van der Waals surface area contributed by atoms with Crippen molar-refractivity contribution >= 4 is 70.6 Å². The molecule has 0 saturated heterocycles. The third-order valence-electron chi connectivity index (χ3n) is 10.1. The molecule has 0 amide bonds. The number of benzene rings is 8. The van der Waals surface area contributed by atoms with Crippen molar-refractivity contribution in [2.75, 3.05) is 0 Å². The first-order chi connectivity index (χ1) is 28.1. The number of carboxylic acid groups (broad SMARTS) is 1. The van der Waals surface area contributed by atoms with Crippen LogP contribution in [0.3, 0.4) is 0 Å². The molecule has 3 heterocycles. The molecule has 1 N–H and O–H groups in total. The van der Waals surface area contributed by atoms with Crippen LogP contribution in [0.4, 0.5) is 0 Å². The van der Waals surface area contributed by atoms with Crippen LogP contribution in [0.15, 0.2) is 195 Å². The second kappa shape index (κ2) is 16.9. The van der Waals surface area contributed by atoms with Crippen molar-refractivity contribution in [3.8, 4) is 22.5 Å². The maximum Gasteiger partial charge on any atom is 0.354 e. The number of nitrogens with zero attached hydrogens (tertiary/aromatic N) is 3. The molecular weight excluding hydrogens is 891 g/mol. The van der Waals surface area contributed by atoms with Gasteiger partial charge in [-0.15, -0.1) is 59.3 Å². The summed E-state index contributed by atoms with van der Waals surface area (Å²) in [6.07, 6.45) is 5.24. The zero-order valence-electron chi connectivity index (χ0n) is 31.0. The number of carbonyl (C=O) groups is 1. The molecule has 0 atom stereocenters. The number of fused-ring (bicyclic) bond motifs is 8. The molecule has 279 valence electrons. The van der Waals surface area contributed by atoms with Crippen molar-refractivity contribution in [3.05, 3.63) is 212 Å². The summed E-state index contributed by atoms with van der Waals surface area (Å²) in [7, 11) is 0. The molecule has 0 saturated carbocycles. The van der Waals surface area contributed by atoms with Crippen LogP contribution < -0.4 is 0 Å². The standard InChI is InChI=1S/2C23H14N.C6H5NO2.Ir/c2*1-2-7-18-15-19(10-9-16(18)5-1)23-22-12-11-17-6-3-4-8-20(17)21(22)13-14-24-23;8-6(9)5-3-1-2-4-7-5;/h2*1-14H;1-4H,(H,8,9);/q2*-1;;. The molecule has 0 aliphatic carbocycles. The van der Waals surface area contributed by atoms with Gasteiger partial charge in [-0.3, -0.25) is 9.97 Å². The maximum absolute atomic E-state index is 10.1. The minimum atomic E-state index is -0.990. The third-order valence-corrected chi connectivity index (χ3v) is 10.1. The first-order valence-corrected chi connectivity index (χ1v) is 18.6. The molecular formula is C52H33IrN3O2-2. The number of pyridine rings is 3. The fourth-order valence-corrected chi connectivity index (χ4v) is 7.30. The fraction of sp³-hybridized carbons (Fsp3) is 0. The van der Waals surface area contributed by atoms with Gasteiger partial charge in [0.15, 0.2) is 0 Å². The predicted octanol–water partition coefficient (Wildman–Crippen LogP) is 12.8. The Balaban J connectivity index is 0.000000132. The first-order valence-electron chi connectivity index (χ1n) is 18.6. The molecule has 8 aromatic carbocycles. The molecule has 0 aliphatic heterocycles. The van der Waals surface area contributed by atoms with Crippen molar-refractivity contribution in [3.63, 3.8) is 0 Å². The number of hydrogen-bond donors (Lipinski definition) is 1. The van der Waals surface area contributed by atoms with E-state index >= 15 is 0 Å². The Morgan fingerprint density at radius 3 is 1.26 bits per heavy atom. The summed E-state index contributed by atoms with van der Waals surface area (Å²) in [4.78, 5) is 23.0. The SMILES string of the molecule is O=C(O)c1ccccn1.[Ir].[c-]1c(-c2nccc3c2ccc2ccccc23)ccc2ccccc12.[c-]1c(-c2nccc3c2ccc2ccccc23)ccc2ccccc12. The number of hydrogen-bond acceptors (Lipinski definition) is 4. The van der Waals surface area contributed by atoms with Crippen LogP contribution in [0.5, 0.6) is 0 Å². The Morgan fingerprint density at radius 2 is 0.810 bits per heavy atom. The van der Waals surface area contributed by atoms with Crippen LogP contribution in [0.2, 0.25) is 0 Å². The summed E-state index contributed by atoms with van der Waals surface area (Å²) in [5.41, 5.74) is 4.13. The van der Waals surface area contributed by atoms with Gasteiger partial charge in [-0.05, 0) is 67.4 Å². The van der Waals surface area contributed by atoms with Crippen molar-refractivity contribution in [1.82, 2.24) is 15.0 Å². The van der Waals surface area contributed by atoms with E-state index in [1.165, 1.54) is 66.1 Å². The first kappa shape index (κ1) is 37.8. The number of carboxylic acids is 1. The van der Waals surface area contributed by atoms with Gasteiger partial charge in [0.25, 0.3) is 0 Å². The minimum absolute atomic E-state index is 0. The third kappa shape index (κ3) is 7.67. The van der Waals surface area contributed by atoms with Crippen molar-refractivity contribution in [1.29, 1.82) is 0 Å². The van der Waals surface area contributed by atoms with E-state index in [1.54, 1.807) is 12.1 Å². The summed E-state index contributed by atoms with van der Waals surface area (Å²) in [6, 6.07) is 66.8. The molecule has 58 heavy (non-hydrogen) atoms. The van der Waals surface area contributed by atoms with Gasteiger partial charge in [0, 0.05) is 50.1 Å². The fourth-order valence-electron chi connectivity index (χ4n) is 7.30. The topological polar surface area (TPSA) is 76.0 Å². The van der Waals surface area contributed by atoms with Crippen LogP contribution in [-0.2, 0) is 20.1 Å². The van der Waals surface area contributed by atoms with Gasteiger partial charge in [0.2, 0.25) is 0 Å². The molecule has 0 unspecified atom stereocenters. The van der Waals surface area contributed by atoms with E-state index in [0.29, 0.717) is 0 Å². The quantitative estimate of drug-likeness (QED) is 0.141. The van der Waals surface area contributed by atoms with Crippen LogP contribution in [0, 0.1) is 12.1 Å². The largest absolute Gasteiger partial charge is 0.477 e. The van der Waals surface area contributed by atoms with E-state index in [0.717, 1.165) is 33.3 Å². The zero-order valence-corrected chi connectivity index (χ0v) is 33.4. The zero-order chi connectivity index (χ0) is 38.6. The number of rotatable bonds is 3. The summed E-state index contributed by atoms with van der Waals surface area (Å²) in [5, 5.41) is 22.8. The van der Waals surface area contributed by atoms with Crippen LogP contribution in [-0.4, -0.2) is 26.0 Å². The molecule has 0 aliphatic rings. The van der Waals surface area contributed by atoms with E-state index in [2.05, 4.69) is 173 Å². The van der Waals surface area contributed by atoms with E-state index in [4.69, 9.17) is 5.11 Å². The van der Waals surface area contributed by atoms with Crippen LogP contribution in [0.1, 0.15) is 10.5 Å². The van der Waals surface area contributed by atoms with Gasteiger partial charge in [-0.1, -0.05) is 137 Å². The Bertz CT molecular complexity index is 3050. The second-order valence-corrected chi connectivity index (χ2v) is 13.5. The molecule has 3 aromatic heterocycles. The predicted molar refractivity (Wildman–Crippen MR) is 233 cm³/mol. The molecule has 11 aromatic rings. The van der Waals surface area contributed by atoms with E-state index in [1.807, 2.05) is 24.5 Å². The van der Waals surface area contributed by atoms with Gasteiger partial charge in [0.1, 0.15) is 5.69 Å². The smallest absolute Gasteiger partial charge is 0.354 e. The van der Waals surface area contributed by atoms with Crippen molar-refractivity contribution in [2.24, 2.45) is 0 Å². The van der Waals surface area contributed by atoms with Gasteiger partial charge >= 0.3 is 5.97 Å². The minimum Gasteiger partial charge on any atom is -0.477 e.